The number of aliphatic hydroxyl groups is 1. The zero-order valence-corrected chi connectivity index (χ0v) is 10.4. The third-order valence-electron chi connectivity index (χ3n) is 2.68. The average Bonchev–Trinajstić information content (AvgIpc) is 2.28. The molecule has 0 aliphatic heterocycles. The number of rotatable bonds is 7. The minimum atomic E-state index is -0.789. The van der Waals surface area contributed by atoms with Crippen LogP contribution in [0.3, 0.4) is 0 Å². The molecule has 0 aliphatic rings. The van der Waals surface area contributed by atoms with Gasteiger partial charge in [-0.25, -0.2) is 0 Å². The summed E-state index contributed by atoms with van der Waals surface area (Å²) in [6.45, 7) is 0.115. The van der Waals surface area contributed by atoms with E-state index >= 15 is 0 Å². The second-order valence-electron chi connectivity index (χ2n) is 4.09. The number of hydrogen-bond acceptors (Lipinski definition) is 2. The normalized spacial score (nSPS) is 12.4. The highest BCUT2D eigenvalue weighted by Crippen LogP contribution is 2.18. The van der Waals surface area contributed by atoms with Crippen LogP contribution in [0.2, 0.25) is 5.02 Å². The maximum Gasteiger partial charge on any atom is 0.306 e. The van der Waals surface area contributed by atoms with Crippen molar-refractivity contribution >= 4 is 17.6 Å². The maximum atomic E-state index is 11.1. The van der Waals surface area contributed by atoms with E-state index in [1.165, 1.54) is 0 Å². The van der Waals surface area contributed by atoms with Crippen LogP contribution in [0.25, 0.3) is 0 Å². The molecule has 4 heteroatoms. The van der Waals surface area contributed by atoms with Crippen molar-refractivity contribution in [3.63, 3.8) is 0 Å². The predicted octanol–water partition coefficient (Wildman–Crippen LogP) is 2.75. The zero-order chi connectivity index (χ0) is 12.7. The van der Waals surface area contributed by atoms with Gasteiger partial charge in [-0.1, -0.05) is 30.2 Å². The number of hydrogen-bond donors (Lipinski definition) is 2. The number of benzene rings is 1. The molecule has 0 saturated heterocycles. The van der Waals surface area contributed by atoms with Crippen molar-refractivity contribution in [1.29, 1.82) is 0 Å². The van der Waals surface area contributed by atoms with Crippen LogP contribution in [-0.4, -0.2) is 22.8 Å². The van der Waals surface area contributed by atoms with Gasteiger partial charge in [0.25, 0.3) is 0 Å². The molecule has 0 radical (unpaired) electrons. The third-order valence-corrected chi connectivity index (χ3v) is 2.92. The zero-order valence-electron chi connectivity index (χ0n) is 9.60. The number of aliphatic carboxylic acids is 1. The Morgan fingerprint density at radius 2 is 2.12 bits per heavy atom. The molecular weight excluding hydrogens is 240 g/mol. The van der Waals surface area contributed by atoms with E-state index in [4.69, 9.17) is 21.8 Å². The molecule has 17 heavy (non-hydrogen) atoms. The summed E-state index contributed by atoms with van der Waals surface area (Å²) in [5.41, 5.74) is 0.939. The van der Waals surface area contributed by atoms with Crippen LogP contribution in [0.4, 0.5) is 0 Å². The van der Waals surface area contributed by atoms with Gasteiger partial charge in [-0.15, -0.1) is 0 Å². The second kappa shape index (κ2) is 7.30. The van der Waals surface area contributed by atoms with Crippen molar-refractivity contribution in [1.82, 2.24) is 0 Å². The second-order valence-corrected chi connectivity index (χ2v) is 4.53. The van der Waals surface area contributed by atoms with E-state index in [2.05, 4.69) is 0 Å². The Balaban J connectivity index is 2.57. The smallest absolute Gasteiger partial charge is 0.306 e. The SMILES string of the molecule is O=C(O)C(CCCCO)Cc1cccc(Cl)c1. The van der Waals surface area contributed by atoms with Crippen LogP contribution in [-0.2, 0) is 11.2 Å². The fourth-order valence-electron chi connectivity index (χ4n) is 1.76. The number of aliphatic hydroxyl groups excluding tert-OH is 1. The highest BCUT2D eigenvalue weighted by Gasteiger charge is 2.17. The van der Waals surface area contributed by atoms with Crippen molar-refractivity contribution in [3.05, 3.63) is 34.9 Å². The Morgan fingerprint density at radius 3 is 2.71 bits per heavy atom. The van der Waals surface area contributed by atoms with Gasteiger partial charge in [0.1, 0.15) is 0 Å². The standard InChI is InChI=1S/C13H17ClO3/c14-12-6-3-4-10(9-12)8-11(13(16)17)5-1-2-7-15/h3-4,6,9,11,15H,1-2,5,7-8H2,(H,16,17). The molecule has 1 atom stereocenters. The van der Waals surface area contributed by atoms with Gasteiger partial charge < -0.3 is 10.2 Å². The first-order chi connectivity index (χ1) is 8.13. The van der Waals surface area contributed by atoms with E-state index in [9.17, 15) is 4.79 Å². The molecule has 0 amide bonds. The summed E-state index contributed by atoms with van der Waals surface area (Å²) < 4.78 is 0. The molecule has 1 aromatic rings. The van der Waals surface area contributed by atoms with E-state index in [-0.39, 0.29) is 6.61 Å². The molecule has 1 rings (SSSR count). The molecule has 3 nitrogen and oxygen atoms in total. The first kappa shape index (κ1) is 14.0. The number of carboxylic acid groups (broad SMARTS) is 1. The molecule has 94 valence electrons. The molecule has 1 aromatic carbocycles. The Kier molecular flexibility index (Phi) is 6.01. The van der Waals surface area contributed by atoms with Gasteiger partial charge in [0.15, 0.2) is 0 Å². The van der Waals surface area contributed by atoms with Gasteiger partial charge in [-0.2, -0.15) is 0 Å². The van der Waals surface area contributed by atoms with Gasteiger partial charge >= 0.3 is 5.97 Å². The fourth-order valence-corrected chi connectivity index (χ4v) is 1.98. The molecular formula is C13H17ClO3. The third kappa shape index (κ3) is 5.20. The molecule has 0 bridgehead atoms. The van der Waals surface area contributed by atoms with E-state index in [0.29, 0.717) is 24.3 Å². The van der Waals surface area contributed by atoms with Crippen molar-refractivity contribution in [2.75, 3.05) is 6.61 Å². The summed E-state index contributed by atoms with van der Waals surface area (Å²) in [5.74, 6) is -1.19. The number of carboxylic acids is 1. The van der Waals surface area contributed by atoms with Crippen LogP contribution >= 0.6 is 11.6 Å². The monoisotopic (exact) mass is 256 g/mol. The van der Waals surface area contributed by atoms with Gasteiger partial charge in [0.05, 0.1) is 5.92 Å². The van der Waals surface area contributed by atoms with Crippen LogP contribution in [0.5, 0.6) is 0 Å². The lowest BCUT2D eigenvalue weighted by Crippen LogP contribution is -2.16. The van der Waals surface area contributed by atoms with Crippen molar-refractivity contribution in [2.45, 2.75) is 25.7 Å². The van der Waals surface area contributed by atoms with Crippen LogP contribution in [0, 0.1) is 5.92 Å². The average molecular weight is 257 g/mol. The van der Waals surface area contributed by atoms with Crippen molar-refractivity contribution in [3.8, 4) is 0 Å². The Bertz CT molecular complexity index is 365. The Labute approximate surface area is 106 Å². The largest absolute Gasteiger partial charge is 0.481 e. The number of unbranched alkanes of at least 4 members (excludes halogenated alkanes) is 1. The quantitative estimate of drug-likeness (QED) is 0.738. The predicted molar refractivity (Wildman–Crippen MR) is 67.2 cm³/mol. The topological polar surface area (TPSA) is 57.5 Å². The Morgan fingerprint density at radius 1 is 1.35 bits per heavy atom. The van der Waals surface area contributed by atoms with Gasteiger partial charge in [0, 0.05) is 11.6 Å². The molecule has 2 N–H and O–H groups in total. The lowest BCUT2D eigenvalue weighted by Gasteiger charge is -2.12. The lowest BCUT2D eigenvalue weighted by atomic mass is 9.94. The molecule has 0 spiro atoms. The molecule has 1 unspecified atom stereocenters. The summed E-state index contributed by atoms with van der Waals surface area (Å²) >= 11 is 5.85. The highest BCUT2D eigenvalue weighted by atomic mass is 35.5. The molecule has 0 fully saturated rings. The van der Waals surface area contributed by atoms with E-state index in [1.807, 2.05) is 12.1 Å². The minimum Gasteiger partial charge on any atom is -0.481 e. The van der Waals surface area contributed by atoms with E-state index < -0.39 is 11.9 Å². The van der Waals surface area contributed by atoms with Gasteiger partial charge in [-0.05, 0) is 37.0 Å². The molecule has 0 saturated carbocycles. The van der Waals surface area contributed by atoms with Crippen molar-refractivity contribution in [2.24, 2.45) is 5.92 Å². The highest BCUT2D eigenvalue weighted by molar-refractivity contribution is 6.30. The summed E-state index contributed by atoms with van der Waals surface area (Å²) in [7, 11) is 0. The number of halogens is 1. The van der Waals surface area contributed by atoms with Crippen LogP contribution in [0.1, 0.15) is 24.8 Å². The lowest BCUT2D eigenvalue weighted by molar-refractivity contribution is -0.142. The van der Waals surface area contributed by atoms with Gasteiger partial charge in [-0.3, -0.25) is 4.79 Å². The van der Waals surface area contributed by atoms with Crippen molar-refractivity contribution < 1.29 is 15.0 Å². The van der Waals surface area contributed by atoms with Crippen LogP contribution in [0.15, 0.2) is 24.3 Å². The minimum absolute atomic E-state index is 0.115. The fraction of sp³-hybridized carbons (Fsp3) is 0.462. The summed E-state index contributed by atoms with van der Waals surface area (Å²) in [4.78, 5) is 11.1. The Hall–Kier alpha value is -1.06. The number of carbonyl (C=O) groups is 1. The van der Waals surface area contributed by atoms with E-state index in [0.717, 1.165) is 12.0 Å². The maximum absolute atomic E-state index is 11.1. The molecule has 0 aliphatic carbocycles. The van der Waals surface area contributed by atoms with Crippen LogP contribution < -0.4 is 0 Å². The first-order valence-electron chi connectivity index (χ1n) is 5.71. The van der Waals surface area contributed by atoms with Gasteiger partial charge in [0.2, 0.25) is 0 Å². The first-order valence-corrected chi connectivity index (χ1v) is 6.09. The molecule has 0 aromatic heterocycles. The summed E-state index contributed by atoms with van der Waals surface area (Å²) in [6.07, 6.45) is 2.46. The van der Waals surface area contributed by atoms with E-state index in [1.54, 1.807) is 12.1 Å². The summed E-state index contributed by atoms with van der Waals surface area (Å²) in [5, 5.41) is 18.4. The summed E-state index contributed by atoms with van der Waals surface area (Å²) in [6, 6.07) is 7.27. The molecule has 0 heterocycles.